The fourth-order valence-corrected chi connectivity index (χ4v) is 3.15. The van der Waals surface area contributed by atoms with Crippen LogP contribution >= 0.6 is 11.3 Å². The van der Waals surface area contributed by atoms with E-state index in [2.05, 4.69) is 15.2 Å². The molecule has 0 radical (unpaired) electrons. The van der Waals surface area contributed by atoms with Gasteiger partial charge < -0.3 is 10.4 Å². The SMILES string of the molecule is CC(C)c1nc(CN2CCNCC2)sc1C(=O)O. The minimum Gasteiger partial charge on any atom is -0.477 e. The highest BCUT2D eigenvalue weighted by atomic mass is 32.1. The zero-order valence-corrected chi connectivity index (χ0v) is 11.6. The molecule has 6 heteroatoms. The third kappa shape index (κ3) is 3.07. The van der Waals surface area contributed by atoms with Crippen LogP contribution in [0, 0.1) is 0 Å². The zero-order chi connectivity index (χ0) is 13.1. The van der Waals surface area contributed by atoms with Gasteiger partial charge in [-0.1, -0.05) is 13.8 Å². The third-order valence-corrected chi connectivity index (χ3v) is 4.05. The van der Waals surface area contributed by atoms with Crippen molar-refractivity contribution in [1.29, 1.82) is 0 Å². The van der Waals surface area contributed by atoms with Gasteiger partial charge in [-0.2, -0.15) is 0 Å². The molecule has 2 N–H and O–H groups in total. The molecule has 5 nitrogen and oxygen atoms in total. The van der Waals surface area contributed by atoms with Gasteiger partial charge in [0.1, 0.15) is 9.88 Å². The molecule has 0 aliphatic carbocycles. The van der Waals surface area contributed by atoms with E-state index in [9.17, 15) is 9.90 Å². The molecule has 0 aromatic carbocycles. The summed E-state index contributed by atoms with van der Waals surface area (Å²) in [6.07, 6.45) is 0. The third-order valence-electron chi connectivity index (χ3n) is 3.01. The predicted octanol–water partition coefficient (Wildman–Crippen LogP) is 1.37. The maximum atomic E-state index is 11.2. The lowest BCUT2D eigenvalue weighted by atomic mass is 10.1. The maximum absolute atomic E-state index is 11.2. The number of hydrogen-bond donors (Lipinski definition) is 2. The number of carbonyl (C=O) groups is 1. The first kappa shape index (κ1) is 13.5. The summed E-state index contributed by atoms with van der Waals surface area (Å²) in [7, 11) is 0. The molecule has 0 spiro atoms. The van der Waals surface area contributed by atoms with Gasteiger partial charge >= 0.3 is 5.97 Å². The number of rotatable bonds is 4. The highest BCUT2D eigenvalue weighted by Gasteiger charge is 2.21. The normalized spacial score (nSPS) is 17.3. The number of hydrogen-bond acceptors (Lipinski definition) is 5. The van der Waals surface area contributed by atoms with Crippen LogP contribution in [0.2, 0.25) is 0 Å². The highest BCUT2D eigenvalue weighted by molar-refractivity contribution is 7.13. The molecular formula is C12H19N3O2S. The molecule has 0 unspecified atom stereocenters. The highest BCUT2D eigenvalue weighted by Crippen LogP contribution is 2.26. The van der Waals surface area contributed by atoms with Crippen molar-refractivity contribution in [1.82, 2.24) is 15.2 Å². The van der Waals surface area contributed by atoms with E-state index in [4.69, 9.17) is 0 Å². The first-order valence-electron chi connectivity index (χ1n) is 6.24. The van der Waals surface area contributed by atoms with Gasteiger partial charge in [0.15, 0.2) is 0 Å². The second-order valence-corrected chi connectivity index (χ2v) is 5.89. The Morgan fingerprint density at radius 3 is 2.67 bits per heavy atom. The van der Waals surface area contributed by atoms with Crippen LogP contribution in [-0.4, -0.2) is 47.1 Å². The Kier molecular flexibility index (Phi) is 4.31. The predicted molar refractivity (Wildman–Crippen MR) is 71.3 cm³/mol. The summed E-state index contributed by atoms with van der Waals surface area (Å²) in [5.41, 5.74) is 0.720. The number of aromatic carboxylic acids is 1. The number of thiazole rings is 1. The minimum atomic E-state index is -0.859. The second-order valence-electron chi connectivity index (χ2n) is 4.81. The van der Waals surface area contributed by atoms with Crippen LogP contribution in [0.3, 0.4) is 0 Å². The minimum absolute atomic E-state index is 0.157. The molecular weight excluding hydrogens is 250 g/mol. The van der Waals surface area contributed by atoms with Gasteiger partial charge in [-0.25, -0.2) is 9.78 Å². The van der Waals surface area contributed by atoms with Crippen molar-refractivity contribution in [3.63, 3.8) is 0 Å². The van der Waals surface area contributed by atoms with Crippen LogP contribution in [0.25, 0.3) is 0 Å². The molecule has 2 heterocycles. The Hall–Kier alpha value is -0.980. The van der Waals surface area contributed by atoms with Crippen molar-refractivity contribution >= 4 is 17.3 Å². The summed E-state index contributed by atoms with van der Waals surface area (Å²) in [6, 6.07) is 0. The standard InChI is InChI=1S/C12H19N3O2S/c1-8(2)10-11(12(16)17)18-9(14-10)7-15-5-3-13-4-6-15/h8,13H,3-7H2,1-2H3,(H,16,17). The van der Waals surface area contributed by atoms with Crippen LogP contribution < -0.4 is 5.32 Å². The molecule has 2 rings (SSSR count). The summed E-state index contributed by atoms with van der Waals surface area (Å²) in [5.74, 6) is -0.702. The average Bonchev–Trinajstić information content (AvgIpc) is 2.74. The summed E-state index contributed by atoms with van der Waals surface area (Å²) >= 11 is 1.32. The molecule has 1 saturated heterocycles. The van der Waals surface area contributed by atoms with E-state index in [0.717, 1.165) is 43.4 Å². The lowest BCUT2D eigenvalue weighted by Crippen LogP contribution is -2.42. The lowest BCUT2D eigenvalue weighted by molar-refractivity contribution is 0.0700. The smallest absolute Gasteiger partial charge is 0.347 e. The fraction of sp³-hybridized carbons (Fsp3) is 0.667. The number of nitrogens with zero attached hydrogens (tertiary/aromatic N) is 2. The topological polar surface area (TPSA) is 65.5 Å². The number of piperazine rings is 1. The first-order valence-corrected chi connectivity index (χ1v) is 7.05. The van der Waals surface area contributed by atoms with Crippen LogP contribution in [0.15, 0.2) is 0 Å². The summed E-state index contributed by atoms with van der Waals surface area (Å²) < 4.78 is 0. The number of aromatic nitrogens is 1. The Bertz CT molecular complexity index is 425. The molecule has 0 amide bonds. The molecule has 1 aromatic heterocycles. The number of carboxylic acids is 1. The largest absolute Gasteiger partial charge is 0.477 e. The summed E-state index contributed by atoms with van der Waals surface area (Å²) in [5, 5.41) is 13.4. The zero-order valence-electron chi connectivity index (χ0n) is 10.8. The molecule has 0 atom stereocenters. The van der Waals surface area contributed by atoms with E-state index in [1.54, 1.807) is 0 Å². The molecule has 1 aliphatic heterocycles. The maximum Gasteiger partial charge on any atom is 0.347 e. The fourth-order valence-electron chi connectivity index (χ4n) is 2.05. The van der Waals surface area contributed by atoms with Crippen molar-refractivity contribution in [2.45, 2.75) is 26.3 Å². The quantitative estimate of drug-likeness (QED) is 0.864. The molecule has 1 aromatic rings. The summed E-state index contributed by atoms with van der Waals surface area (Å²) in [4.78, 5) is 18.4. The van der Waals surface area contributed by atoms with Crippen LogP contribution in [-0.2, 0) is 6.54 Å². The van der Waals surface area contributed by atoms with Gasteiger partial charge in [-0.15, -0.1) is 11.3 Å². The van der Waals surface area contributed by atoms with E-state index in [-0.39, 0.29) is 5.92 Å². The molecule has 100 valence electrons. The van der Waals surface area contributed by atoms with Gasteiger partial charge in [0.25, 0.3) is 0 Å². The second kappa shape index (κ2) is 5.77. The van der Waals surface area contributed by atoms with Gasteiger partial charge in [0.05, 0.1) is 12.2 Å². The molecule has 1 aliphatic rings. The van der Waals surface area contributed by atoms with Gasteiger partial charge in [0.2, 0.25) is 0 Å². The van der Waals surface area contributed by atoms with E-state index in [1.807, 2.05) is 13.8 Å². The molecule has 1 fully saturated rings. The Morgan fingerprint density at radius 2 is 2.17 bits per heavy atom. The van der Waals surface area contributed by atoms with E-state index in [1.165, 1.54) is 11.3 Å². The van der Waals surface area contributed by atoms with Gasteiger partial charge in [0, 0.05) is 26.2 Å². The van der Waals surface area contributed by atoms with Crippen molar-refractivity contribution in [3.05, 3.63) is 15.6 Å². The summed E-state index contributed by atoms with van der Waals surface area (Å²) in [6.45, 7) is 8.71. The Labute approximate surface area is 111 Å². The van der Waals surface area contributed by atoms with Crippen molar-refractivity contribution < 1.29 is 9.90 Å². The lowest BCUT2D eigenvalue weighted by Gasteiger charge is -2.26. The number of nitrogens with one attached hydrogen (secondary N) is 1. The van der Waals surface area contributed by atoms with E-state index >= 15 is 0 Å². The van der Waals surface area contributed by atoms with Gasteiger partial charge in [-0.3, -0.25) is 4.90 Å². The Morgan fingerprint density at radius 1 is 1.50 bits per heavy atom. The van der Waals surface area contributed by atoms with Crippen molar-refractivity contribution in [2.75, 3.05) is 26.2 Å². The van der Waals surface area contributed by atoms with Crippen LogP contribution in [0.1, 0.15) is 40.1 Å². The Balaban J connectivity index is 2.13. The monoisotopic (exact) mass is 269 g/mol. The molecule has 0 bridgehead atoms. The van der Waals surface area contributed by atoms with Crippen molar-refractivity contribution in [2.24, 2.45) is 0 Å². The number of carboxylic acid groups (broad SMARTS) is 1. The van der Waals surface area contributed by atoms with Crippen LogP contribution in [0.4, 0.5) is 0 Å². The average molecular weight is 269 g/mol. The van der Waals surface area contributed by atoms with Gasteiger partial charge in [-0.05, 0) is 5.92 Å². The van der Waals surface area contributed by atoms with E-state index < -0.39 is 5.97 Å². The first-order chi connectivity index (χ1) is 8.58. The molecule has 0 saturated carbocycles. The van der Waals surface area contributed by atoms with E-state index in [0.29, 0.717) is 4.88 Å². The molecule has 18 heavy (non-hydrogen) atoms. The van der Waals surface area contributed by atoms with Crippen molar-refractivity contribution in [3.8, 4) is 0 Å². The van der Waals surface area contributed by atoms with Crippen LogP contribution in [0.5, 0.6) is 0 Å².